The number of primary sulfonamides is 1. The Labute approximate surface area is 70.8 Å². The van der Waals surface area contributed by atoms with Gasteiger partial charge in [0.2, 0.25) is 10.0 Å². The third kappa shape index (κ3) is 3.27. The Morgan fingerprint density at radius 1 is 1.50 bits per heavy atom. The van der Waals surface area contributed by atoms with Gasteiger partial charge in [-0.2, -0.15) is 0 Å². The molecule has 0 unspecified atom stereocenters. The summed E-state index contributed by atoms with van der Waals surface area (Å²) in [6.07, 6.45) is 4.54. The summed E-state index contributed by atoms with van der Waals surface area (Å²) in [5, 5.41) is 5.68. The molecule has 1 aromatic rings. The first-order valence-corrected chi connectivity index (χ1v) is 4.80. The van der Waals surface area contributed by atoms with Gasteiger partial charge in [0, 0.05) is 17.8 Å². The zero-order chi connectivity index (χ0) is 9.03. The molecule has 0 aliphatic heterocycles. The predicted molar refractivity (Wildman–Crippen MR) is 46.4 cm³/mol. The predicted octanol–water partition coefficient (Wildman–Crippen LogP) is 0.341. The lowest BCUT2D eigenvalue weighted by Crippen LogP contribution is -2.06. The first kappa shape index (κ1) is 8.89. The van der Waals surface area contributed by atoms with Gasteiger partial charge >= 0.3 is 0 Å². The second kappa shape index (κ2) is 3.46. The van der Waals surface area contributed by atoms with E-state index in [1.54, 1.807) is 24.5 Å². The number of hydrogen-bond acceptors (Lipinski definition) is 3. The van der Waals surface area contributed by atoms with E-state index >= 15 is 0 Å². The molecule has 2 N–H and O–H groups in total. The van der Waals surface area contributed by atoms with Crippen molar-refractivity contribution in [3.05, 3.63) is 35.5 Å². The maximum absolute atomic E-state index is 10.5. The monoisotopic (exact) mass is 184 g/mol. The van der Waals surface area contributed by atoms with Crippen LogP contribution in [0.25, 0.3) is 6.08 Å². The highest BCUT2D eigenvalue weighted by atomic mass is 32.2. The molecule has 0 atom stereocenters. The summed E-state index contributed by atoms with van der Waals surface area (Å²) in [5.74, 6) is 0. The van der Waals surface area contributed by atoms with Crippen LogP contribution in [0.2, 0.25) is 0 Å². The van der Waals surface area contributed by atoms with E-state index in [1.807, 2.05) is 0 Å². The lowest BCUT2D eigenvalue weighted by Gasteiger charge is -1.89. The van der Waals surface area contributed by atoms with E-state index in [0.29, 0.717) is 5.56 Å². The molecule has 64 valence electrons. The van der Waals surface area contributed by atoms with Gasteiger partial charge in [-0.15, -0.1) is 0 Å². The minimum absolute atomic E-state index is 0.700. The molecule has 1 heterocycles. The van der Waals surface area contributed by atoms with Crippen LogP contribution in [0.5, 0.6) is 0 Å². The zero-order valence-electron chi connectivity index (χ0n) is 6.21. The summed E-state index contributed by atoms with van der Waals surface area (Å²) in [7, 11) is -3.53. The van der Waals surface area contributed by atoms with E-state index in [4.69, 9.17) is 5.14 Å². The van der Waals surface area contributed by atoms with Gasteiger partial charge in [-0.1, -0.05) is 6.07 Å². The minimum Gasteiger partial charge on any atom is -0.264 e. The fourth-order valence-corrected chi connectivity index (χ4v) is 0.995. The zero-order valence-corrected chi connectivity index (χ0v) is 7.03. The summed E-state index contributed by atoms with van der Waals surface area (Å²) in [6.45, 7) is 0. The van der Waals surface area contributed by atoms with Crippen LogP contribution < -0.4 is 5.14 Å². The van der Waals surface area contributed by atoms with Crippen LogP contribution in [0.15, 0.2) is 29.9 Å². The van der Waals surface area contributed by atoms with Crippen molar-refractivity contribution < 1.29 is 8.42 Å². The average molecular weight is 184 g/mol. The van der Waals surface area contributed by atoms with Crippen LogP contribution in [0.3, 0.4) is 0 Å². The number of sulfonamides is 1. The van der Waals surface area contributed by atoms with Crippen LogP contribution in [-0.4, -0.2) is 13.4 Å². The Morgan fingerprint density at radius 2 is 2.25 bits per heavy atom. The number of nitrogens with two attached hydrogens (primary N) is 1. The molecule has 0 spiro atoms. The van der Waals surface area contributed by atoms with Crippen molar-refractivity contribution in [1.82, 2.24) is 4.98 Å². The summed E-state index contributed by atoms with van der Waals surface area (Å²) >= 11 is 0. The van der Waals surface area contributed by atoms with Crippen molar-refractivity contribution in [1.29, 1.82) is 0 Å². The van der Waals surface area contributed by atoms with Gasteiger partial charge in [0.15, 0.2) is 0 Å². The van der Waals surface area contributed by atoms with Gasteiger partial charge in [0.25, 0.3) is 0 Å². The standard InChI is InChI=1S/C7H8N2O2S/c8-12(10,11)5-3-7-2-1-4-9-6-7/h1-6H,(H2,8,10,11)/b5-3+. The molecule has 1 aromatic heterocycles. The van der Waals surface area contributed by atoms with E-state index in [1.165, 1.54) is 6.08 Å². The van der Waals surface area contributed by atoms with E-state index in [-0.39, 0.29) is 0 Å². The Balaban J connectivity index is 2.85. The molecule has 5 heteroatoms. The van der Waals surface area contributed by atoms with Crippen molar-refractivity contribution >= 4 is 16.1 Å². The van der Waals surface area contributed by atoms with Crippen LogP contribution in [0.1, 0.15) is 5.56 Å². The first-order chi connectivity index (χ1) is 5.58. The lowest BCUT2D eigenvalue weighted by molar-refractivity contribution is 0.606. The fourth-order valence-electron chi connectivity index (χ4n) is 0.648. The summed E-state index contributed by atoms with van der Waals surface area (Å²) in [4.78, 5) is 3.80. The number of aromatic nitrogens is 1. The van der Waals surface area contributed by atoms with Gasteiger partial charge in [-0.25, -0.2) is 13.6 Å². The number of rotatable bonds is 2. The lowest BCUT2D eigenvalue weighted by atomic mass is 10.3. The van der Waals surface area contributed by atoms with Gasteiger partial charge in [0.1, 0.15) is 0 Å². The molecule has 0 bridgehead atoms. The van der Waals surface area contributed by atoms with Gasteiger partial charge < -0.3 is 0 Å². The van der Waals surface area contributed by atoms with Crippen LogP contribution in [0.4, 0.5) is 0 Å². The Hall–Kier alpha value is -1.20. The molecule has 0 radical (unpaired) electrons. The molecule has 0 fully saturated rings. The Kier molecular flexibility index (Phi) is 2.57. The maximum atomic E-state index is 10.5. The molecule has 0 aliphatic carbocycles. The minimum atomic E-state index is -3.53. The molecule has 1 rings (SSSR count). The third-order valence-corrected chi connectivity index (χ3v) is 1.65. The topological polar surface area (TPSA) is 73.1 Å². The van der Waals surface area contributed by atoms with Crippen molar-refractivity contribution in [2.24, 2.45) is 5.14 Å². The van der Waals surface area contributed by atoms with Crippen LogP contribution in [0, 0.1) is 0 Å². The van der Waals surface area contributed by atoms with E-state index in [9.17, 15) is 8.42 Å². The van der Waals surface area contributed by atoms with Gasteiger partial charge in [-0.05, 0) is 17.7 Å². The molecule has 0 aliphatic rings. The molecular formula is C7H8N2O2S. The number of hydrogen-bond donors (Lipinski definition) is 1. The summed E-state index contributed by atoms with van der Waals surface area (Å²) in [6, 6.07) is 3.44. The van der Waals surface area contributed by atoms with Crippen molar-refractivity contribution in [2.45, 2.75) is 0 Å². The first-order valence-electron chi connectivity index (χ1n) is 3.19. The second-order valence-corrected chi connectivity index (χ2v) is 3.63. The molecule has 0 aromatic carbocycles. The smallest absolute Gasteiger partial charge is 0.231 e. The van der Waals surface area contributed by atoms with Gasteiger partial charge in [-0.3, -0.25) is 4.98 Å². The Morgan fingerprint density at radius 3 is 2.75 bits per heavy atom. The largest absolute Gasteiger partial charge is 0.264 e. The van der Waals surface area contributed by atoms with Crippen LogP contribution in [-0.2, 0) is 10.0 Å². The molecule has 12 heavy (non-hydrogen) atoms. The van der Waals surface area contributed by atoms with E-state index in [0.717, 1.165) is 5.41 Å². The number of nitrogens with zero attached hydrogens (tertiary/aromatic N) is 1. The summed E-state index contributed by atoms with van der Waals surface area (Å²) < 4.78 is 21.0. The van der Waals surface area contributed by atoms with Crippen molar-refractivity contribution in [3.63, 3.8) is 0 Å². The highest BCUT2D eigenvalue weighted by molar-refractivity contribution is 7.92. The fraction of sp³-hybridized carbons (Fsp3) is 0. The number of pyridine rings is 1. The van der Waals surface area contributed by atoms with Crippen LogP contribution >= 0.6 is 0 Å². The van der Waals surface area contributed by atoms with Crippen molar-refractivity contribution in [3.8, 4) is 0 Å². The normalized spacial score (nSPS) is 12.1. The summed E-state index contributed by atoms with van der Waals surface area (Å²) in [5.41, 5.74) is 0.700. The van der Waals surface area contributed by atoms with Gasteiger partial charge in [0.05, 0.1) is 0 Å². The average Bonchev–Trinajstić information content (AvgIpc) is 2.02. The SMILES string of the molecule is NS(=O)(=O)/C=C/c1cccnc1. The second-order valence-electron chi connectivity index (χ2n) is 2.18. The highest BCUT2D eigenvalue weighted by Gasteiger charge is 1.92. The molecule has 4 nitrogen and oxygen atoms in total. The van der Waals surface area contributed by atoms with E-state index in [2.05, 4.69) is 4.98 Å². The highest BCUT2D eigenvalue weighted by Crippen LogP contribution is 1.99. The molecular weight excluding hydrogens is 176 g/mol. The molecule has 0 saturated heterocycles. The molecule has 0 amide bonds. The maximum Gasteiger partial charge on any atom is 0.231 e. The van der Waals surface area contributed by atoms with E-state index < -0.39 is 10.0 Å². The quantitative estimate of drug-likeness (QED) is 0.720. The molecule has 0 saturated carbocycles. The van der Waals surface area contributed by atoms with Crippen molar-refractivity contribution in [2.75, 3.05) is 0 Å². The third-order valence-electron chi connectivity index (χ3n) is 1.13. The Bertz CT molecular complexity index is 370.